The van der Waals surface area contributed by atoms with Crippen LogP contribution in [0.2, 0.25) is 0 Å². The maximum atomic E-state index is 12.6. The molecule has 0 aromatic carbocycles. The number of halogens is 1. The highest BCUT2D eigenvalue weighted by molar-refractivity contribution is 9.09. The minimum Gasteiger partial charge on any atom is -0.368 e. The van der Waals surface area contributed by atoms with E-state index >= 15 is 0 Å². The average Bonchev–Trinajstić information content (AvgIpc) is 2.65. The van der Waals surface area contributed by atoms with Gasteiger partial charge in [-0.05, 0) is 20.8 Å². The Hall–Kier alpha value is -0.880. The smallest absolute Gasteiger partial charge is 0.257 e. The Labute approximate surface area is 122 Å². The molecule has 6 heteroatoms. The number of alkyl halides is 1. The molecule has 1 aliphatic heterocycles. The van der Waals surface area contributed by atoms with E-state index in [-0.39, 0.29) is 17.6 Å². The molecule has 0 radical (unpaired) electrons. The third-order valence-electron chi connectivity index (χ3n) is 3.18. The first-order chi connectivity index (χ1) is 8.82. The van der Waals surface area contributed by atoms with E-state index in [0.717, 1.165) is 11.0 Å². The lowest BCUT2D eigenvalue weighted by Gasteiger charge is -2.42. The second-order valence-corrected chi connectivity index (χ2v) is 6.29. The summed E-state index contributed by atoms with van der Waals surface area (Å²) >= 11 is 3.43. The van der Waals surface area contributed by atoms with Crippen molar-refractivity contribution in [2.24, 2.45) is 7.05 Å². The summed E-state index contributed by atoms with van der Waals surface area (Å²) in [6.07, 6.45) is 1.81. The highest BCUT2D eigenvalue weighted by Crippen LogP contribution is 2.24. The lowest BCUT2D eigenvalue weighted by molar-refractivity contribution is -0.116. The maximum Gasteiger partial charge on any atom is 0.257 e. The van der Waals surface area contributed by atoms with E-state index in [9.17, 15) is 4.79 Å². The number of aromatic nitrogens is 2. The predicted molar refractivity (Wildman–Crippen MR) is 76.6 cm³/mol. The molecule has 0 N–H and O–H groups in total. The third kappa shape index (κ3) is 3.17. The van der Waals surface area contributed by atoms with Crippen molar-refractivity contribution in [1.82, 2.24) is 14.7 Å². The van der Waals surface area contributed by atoms with Crippen LogP contribution < -0.4 is 0 Å². The molecule has 5 nitrogen and oxygen atoms in total. The standard InChI is InChI=1S/C13H20BrN3O2/c1-9-11(7-16(4)15-9)12(18)17-6-10(5-14)19-13(2,3)8-17/h7,10H,5-6,8H2,1-4H3. The summed E-state index contributed by atoms with van der Waals surface area (Å²) in [7, 11) is 1.83. The molecule has 1 aromatic rings. The van der Waals surface area contributed by atoms with Crippen molar-refractivity contribution >= 4 is 21.8 Å². The van der Waals surface area contributed by atoms with E-state index in [1.807, 2.05) is 32.7 Å². The summed E-state index contributed by atoms with van der Waals surface area (Å²) in [5.41, 5.74) is 1.13. The minimum absolute atomic E-state index is 0.0321. The molecule has 2 heterocycles. The molecular weight excluding hydrogens is 310 g/mol. The Bertz CT molecular complexity index is 484. The van der Waals surface area contributed by atoms with E-state index in [1.54, 1.807) is 10.9 Å². The van der Waals surface area contributed by atoms with Crippen LogP contribution in [-0.4, -0.2) is 50.7 Å². The summed E-state index contributed by atoms with van der Waals surface area (Å²) in [5, 5.41) is 4.96. The molecular formula is C13H20BrN3O2. The number of morpholine rings is 1. The monoisotopic (exact) mass is 329 g/mol. The van der Waals surface area contributed by atoms with E-state index in [4.69, 9.17) is 4.74 Å². The molecule has 2 rings (SSSR count). The fourth-order valence-electron chi connectivity index (χ4n) is 2.51. The van der Waals surface area contributed by atoms with Gasteiger partial charge in [0.05, 0.1) is 23.0 Å². The summed E-state index contributed by atoms with van der Waals surface area (Å²) in [4.78, 5) is 14.4. The van der Waals surface area contributed by atoms with E-state index < -0.39 is 0 Å². The number of hydrogen-bond donors (Lipinski definition) is 0. The second-order valence-electron chi connectivity index (χ2n) is 5.64. The first kappa shape index (κ1) is 14.5. The van der Waals surface area contributed by atoms with Crippen molar-refractivity contribution in [3.05, 3.63) is 17.5 Å². The number of ether oxygens (including phenoxy) is 1. The minimum atomic E-state index is -0.317. The maximum absolute atomic E-state index is 12.6. The Kier molecular flexibility index (Phi) is 4.01. The van der Waals surface area contributed by atoms with Crippen molar-refractivity contribution in [2.75, 3.05) is 18.4 Å². The fourth-order valence-corrected chi connectivity index (χ4v) is 2.85. The Morgan fingerprint density at radius 2 is 2.32 bits per heavy atom. The van der Waals surface area contributed by atoms with Gasteiger partial charge in [0.15, 0.2) is 0 Å². The Morgan fingerprint density at radius 3 is 2.84 bits per heavy atom. The zero-order valence-electron chi connectivity index (χ0n) is 11.8. The number of carbonyl (C=O) groups is 1. The van der Waals surface area contributed by atoms with Crippen LogP contribution in [0.1, 0.15) is 29.9 Å². The molecule has 1 atom stereocenters. The number of rotatable bonds is 2. The quantitative estimate of drug-likeness (QED) is 0.776. The van der Waals surface area contributed by atoms with Gasteiger partial charge in [-0.15, -0.1) is 0 Å². The van der Waals surface area contributed by atoms with Crippen LogP contribution in [0.5, 0.6) is 0 Å². The van der Waals surface area contributed by atoms with Gasteiger partial charge in [0.2, 0.25) is 0 Å². The SMILES string of the molecule is Cc1nn(C)cc1C(=O)N1CC(CBr)OC(C)(C)C1. The van der Waals surface area contributed by atoms with Crippen molar-refractivity contribution in [3.8, 4) is 0 Å². The van der Waals surface area contributed by atoms with E-state index in [1.165, 1.54) is 0 Å². The van der Waals surface area contributed by atoms with Crippen LogP contribution in [0.4, 0.5) is 0 Å². The van der Waals surface area contributed by atoms with Crippen molar-refractivity contribution in [2.45, 2.75) is 32.5 Å². The number of hydrogen-bond acceptors (Lipinski definition) is 3. The summed E-state index contributed by atoms with van der Waals surface area (Å²) in [6.45, 7) is 7.10. The van der Waals surface area contributed by atoms with E-state index in [2.05, 4.69) is 21.0 Å². The van der Waals surface area contributed by atoms with Gasteiger partial charge < -0.3 is 9.64 Å². The lowest BCUT2D eigenvalue weighted by atomic mass is 10.0. The lowest BCUT2D eigenvalue weighted by Crippen LogP contribution is -2.55. The summed E-state index contributed by atoms with van der Waals surface area (Å²) < 4.78 is 7.59. The zero-order valence-corrected chi connectivity index (χ0v) is 13.4. The van der Waals surface area contributed by atoms with Crippen molar-refractivity contribution < 1.29 is 9.53 Å². The van der Waals surface area contributed by atoms with Gasteiger partial charge in [-0.2, -0.15) is 5.10 Å². The van der Waals surface area contributed by atoms with Crippen LogP contribution in [0, 0.1) is 6.92 Å². The van der Waals surface area contributed by atoms with Gasteiger partial charge in [0, 0.05) is 31.7 Å². The Morgan fingerprint density at radius 1 is 1.63 bits per heavy atom. The second kappa shape index (κ2) is 5.25. The first-order valence-corrected chi connectivity index (χ1v) is 7.48. The molecule has 106 valence electrons. The van der Waals surface area contributed by atoms with Gasteiger partial charge in [-0.25, -0.2) is 0 Å². The molecule has 0 spiro atoms. The number of amides is 1. The van der Waals surface area contributed by atoms with E-state index in [0.29, 0.717) is 18.7 Å². The molecule has 1 fully saturated rings. The van der Waals surface area contributed by atoms with Crippen LogP contribution in [0.25, 0.3) is 0 Å². The van der Waals surface area contributed by atoms with Crippen LogP contribution in [-0.2, 0) is 11.8 Å². The largest absolute Gasteiger partial charge is 0.368 e. The van der Waals surface area contributed by atoms with Gasteiger partial charge in [0.1, 0.15) is 0 Å². The van der Waals surface area contributed by atoms with Crippen LogP contribution in [0.3, 0.4) is 0 Å². The molecule has 1 aliphatic rings. The predicted octanol–water partition coefficient (Wildman–Crippen LogP) is 1.74. The zero-order chi connectivity index (χ0) is 14.2. The normalized spacial score (nSPS) is 22.6. The van der Waals surface area contributed by atoms with Gasteiger partial charge >= 0.3 is 0 Å². The first-order valence-electron chi connectivity index (χ1n) is 6.36. The van der Waals surface area contributed by atoms with Crippen LogP contribution >= 0.6 is 15.9 Å². The molecule has 0 bridgehead atoms. The number of nitrogens with zero attached hydrogens (tertiary/aromatic N) is 3. The van der Waals surface area contributed by atoms with Crippen molar-refractivity contribution in [1.29, 1.82) is 0 Å². The molecule has 1 aromatic heterocycles. The average molecular weight is 330 g/mol. The van der Waals surface area contributed by atoms with Crippen molar-refractivity contribution in [3.63, 3.8) is 0 Å². The third-order valence-corrected chi connectivity index (χ3v) is 3.91. The number of carbonyl (C=O) groups excluding carboxylic acids is 1. The molecule has 0 aliphatic carbocycles. The van der Waals surface area contributed by atoms with Crippen LogP contribution in [0.15, 0.2) is 6.20 Å². The summed E-state index contributed by atoms with van der Waals surface area (Å²) in [6, 6.07) is 0. The number of aryl methyl sites for hydroxylation is 2. The molecule has 0 saturated carbocycles. The topological polar surface area (TPSA) is 47.4 Å². The molecule has 1 saturated heterocycles. The molecule has 1 amide bonds. The Balaban J connectivity index is 2.21. The molecule has 1 unspecified atom stereocenters. The summed E-state index contributed by atoms with van der Waals surface area (Å²) in [5.74, 6) is 0.0351. The van der Waals surface area contributed by atoms with Gasteiger partial charge in [0.25, 0.3) is 5.91 Å². The highest BCUT2D eigenvalue weighted by atomic mass is 79.9. The highest BCUT2D eigenvalue weighted by Gasteiger charge is 2.36. The van der Waals surface area contributed by atoms with Gasteiger partial charge in [-0.3, -0.25) is 9.48 Å². The molecule has 19 heavy (non-hydrogen) atoms. The van der Waals surface area contributed by atoms with Gasteiger partial charge in [-0.1, -0.05) is 15.9 Å². The fraction of sp³-hybridized carbons (Fsp3) is 0.692.